The Bertz CT molecular complexity index is 1280. The van der Waals surface area contributed by atoms with Crippen LogP contribution in [0.15, 0.2) is 22.1 Å². The standard InChI is InChI=1S/C17H18F3N5O3S/c1-3-29(27,28)15-14(22-12-6-4-5-7-24(12)15)10-9-25-13(21-10)8-11(17(18,19)20)23(2)16(25)26/h8-9H,3-7H2,1-2H3. The molecule has 0 N–H and O–H groups in total. The second-order valence-electron chi connectivity index (χ2n) is 6.92. The predicted octanol–water partition coefficient (Wildman–Crippen LogP) is 2.05. The molecule has 0 aromatic carbocycles. The lowest BCUT2D eigenvalue weighted by molar-refractivity contribution is -0.143. The molecule has 3 aromatic rings. The van der Waals surface area contributed by atoms with Crippen LogP contribution in [0.1, 0.15) is 31.3 Å². The molecule has 8 nitrogen and oxygen atoms in total. The number of aromatic nitrogens is 5. The first kappa shape index (κ1) is 19.7. The molecule has 156 valence electrons. The molecule has 1 aliphatic heterocycles. The van der Waals surface area contributed by atoms with Gasteiger partial charge in [-0.15, -0.1) is 0 Å². The van der Waals surface area contributed by atoms with E-state index in [2.05, 4.69) is 9.97 Å². The van der Waals surface area contributed by atoms with E-state index in [1.54, 1.807) is 4.57 Å². The summed E-state index contributed by atoms with van der Waals surface area (Å²) in [6.45, 7) is 2.00. The fraction of sp³-hybridized carbons (Fsp3) is 0.471. The molecule has 0 unspecified atom stereocenters. The minimum absolute atomic E-state index is 0.00553. The fourth-order valence-electron chi connectivity index (χ4n) is 3.59. The SMILES string of the molecule is CCS(=O)(=O)c1c(-c2cn3c(=O)n(C)c(C(F)(F)F)cc3n2)nc2n1CCCC2. The van der Waals surface area contributed by atoms with Gasteiger partial charge in [0, 0.05) is 32.3 Å². The summed E-state index contributed by atoms with van der Waals surface area (Å²) < 4.78 is 68.2. The highest BCUT2D eigenvalue weighted by Gasteiger charge is 2.35. The van der Waals surface area contributed by atoms with Gasteiger partial charge in [-0.2, -0.15) is 13.2 Å². The molecule has 0 amide bonds. The van der Waals surface area contributed by atoms with E-state index in [0.717, 1.165) is 30.4 Å². The Hall–Kier alpha value is -2.63. The van der Waals surface area contributed by atoms with Crippen LogP contribution in [0.25, 0.3) is 17.0 Å². The molecular formula is C17H18F3N5O3S. The summed E-state index contributed by atoms with van der Waals surface area (Å²) in [6, 6.07) is 0.759. The quantitative estimate of drug-likeness (QED) is 0.636. The number of hydrogen-bond donors (Lipinski definition) is 0. The number of fused-ring (bicyclic) bond motifs is 2. The third-order valence-corrected chi connectivity index (χ3v) is 6.86. The van der Waals surface area contributed by atoms with Crippen LogP contribution >= 0.6 is 0 Å². The highest BCUT2D eigenvalue weighted by atomic mass is 32.2. The Morgan fingerprint density at radius 2 is 1.93 bits per heavy atom. The summed E-state index contributed by atoms with van der Waals surface area (Å²) in [5, 5.41) is 0.00553. The Balaban J connectivity index is 2.00. The van der Waals surface area contributed by atoms with Gasteiger partial charge in [-0.25, -0.2) is 23.2 Å². The third kappa shape index (κ3) is 3.05. The Morgan fingerprint density at radius 3 is 2.59 bits per heavy atom. The van der Waals surface area contributed by atoms with E-state index in [9.17, 15) is 26.4 Å². The highest BCUT2D eigenvalue weighted by Crippen LogP contribution is 2.32. The Kier molecular flexibility index (Phi) is 4.37. The Labute approximate surface area is 163 Å². The van der Waals surface area contributed by atoms with Gasteiger partial charge in [0.05, 0.1) is 5.75 Å². The van der Waals surface area contributed by atoms with Gasteiger partial charge in [-0.3, -0.25) is 8.97 Å². The van der Waals surface area contributed by atoms with Crippen molar-refractivity contribution in [2.45, 2.75) is 43.9 Å². The van der Waals surface area contributed by atoms with Crippen LogP contribution in [0.5, 0.6) is 0 Å². The van der Waals surface area contributed by atoms with E-state index in [-0.39, 0.29) is 27.8 Å². The molecule has 0 atom stereocenters. The maximum atomic E-state index is 13.2. The van der Waals surface area contributed by atoms with Crippen LogP contribution in [0.4, 0.5) is 13.2 Å². The average molecular weight is 429 g/mol. The van der Waals surface area contributed by atoms with Crippen molar-refractivity contribution in [3.63, 3.8) is 0 Å². The summed E-state index contributed by atoms with van der Waals surface area (Å²) in [5.41, 5.74) is -2.17. The van der Waals surface area contributed by atoms with E-state index in [1.165, 1.54) is 13.1 Å². The van der Waals surface area contributed by atoms with Crippen LogP contribution in [0.2, 0.25) is 0 Å². The van der Waals surface area contributed by atoms with E-state index in [1.807, 2.05) is 0 Å². The summed E-state index contributed by atoms with van der Waals surface area (Å²) in [7, 11) is -2.65. The molecule has 4 heterocycles. The van der Waals surface area contributed by atoms with Crippen molar-refractivity contribution in [3.05, 3.63) is 34.3 Å². The number of halogens is 3. The van der Waals surface area contributed by atoms with Crippen LogP contribution in [0.3, 0.4) is 0 Å². The number of nitrogens with zero attached hydrogens (tertiary/aromatic N) is 5. The maximum Gasteiger partial charge on any atom is 0.431 e. The lowest BCUT2D eigenvalue weighted by Crippen LogP contribution is -2.29. The number of sulfone groups is 1. The van der Waals surface area contributed by atoms with Crippen molar-refractivity contribution in [2.24, 2.45) is 7.05 Å². The summed E-state index contributed by atoms with van der Waals surface area (Å²) in [5.74, 6) is 0.442. The van der Waals surface area contributed by atoms with Crippen molar-refractivity contribution in [1.29, 1.82) is 0 Å². The smallest absolute Gasteiger partial charge is 0.319 e. The van der Waals surface area contributed by atoms with Crippen molar-refractivity contribution in [3.8, 4) is 11.4 Å². The molecule has 0 saturated heterocycles. The molecule has 29 heavy (non-hydrogen) atoms. The molecule has 3 aromatic heterocycles. The molecule has 0 radical (unpaired) electrons. The van der Waals surface area contributed by atoms with Gasteiger partial charge >= 0.3 is 11.9 Å². The van der Waals surface area contributed by atoms with E-state index in [4.69, 9.17) is 0 Å². The van der Waals surface area contributed by atoms with Gasteiger partial charge < -0.3 is 4.57 Å². The lowest BCUT2D eigenvalue weighted by atomic mass is 10.2. The molecule has 0 bridgehead atoms. The molecule has 1 aliphatic rings. The fourth-order valence-corrected chi connectivity index (χ4v) is 4.85. The molecule has 12 heteroatoms. The number of aryl methyl sites for hydroxylation is 1. The van der Waals surface area contributed by atoms with Gasteiger partial charge in [0.15, 0.2) is 14.9 Å². The molecule has 4 rings (SSSR count). The summed E-state index contributed by atoms with van der Waals surface area (Å²) >= 11 is 0. The lowest BCUT2D eigenvalue weighted by Gasteiger charge is -2.16. The van der Waals surface area contributed by atoms with Gasteiger partial charge in [0.1, 0.15) is 28.6 Å². The zero-order chi connectivity index (χ0) is 21.1. The molecule has 0 fully saturated rings. The number of hydrogen-bond acceptors (Lipinski definition) is 5. The number of imidazole rings is 2. The second-order valence-corrected chi connectivity index (χ2v) is 9.11. The normalized spacial score (nSPS) is 15.1. The minimum atomic E-state index is -4.73. The zero-order valence-electron chi connectivity index (χ0n) is 15.7. The Morgan fingerprint density at radius 1 is 1.21 bits per heavy atom. The van der Waals surface area contributed by atoms with Gasteiger partial charge in [-0.1, -0.05) is 6.92 Å². The largest absolute Gasteiger partial charge is 0.431 e. The van der Waals surface area contributed by atoms with Crippen molar-refractivity contribution < 1.29 is 21.6 Å². The van der Waals surface area contributed by atoms with Crippen LogP contribution in [-0.2, 0) is 36.0 Å². The first-order valence-electron chi connectivity index (χ1n) is 9.03. The number of alkyl halides is 3. The topological polar surface area (TPSA) is 91.3 Å². The molecular weight excluding hydrogens is 411 g/mol. The zero-order valence-corrected chi connectivity index (χ0v) is 16.5. The monoisotopic (exact) mass is 429 g/mol. The first-order valence-corrected chi connectivity index (χ1v) is 10.7. The van der Waals surface area contributed by atoms with E-state index < -0.39 is 27.4 Å². The first-order chi connectivity index (χ1) is 13.5. The average Bonchev–Trinajstić information content (AvgIpc) is 3.25. The summed E-state index contributed by atoms with van der Waals surface area (Å²) in [6.07, 6.45) is -1.23. The summed E-state index contributed by atoms with van der Waals surface area (Å²) in [4.78, 5) is 21.0. The van der Waals surface area contributed by atoms with Gasteiger partial charge in [-0.05, 0) is 12.8 Å². The predicted molar refractivity (Wildman–Crippen MR) is 97.3 cm³/mol. The van der Waals surface area contributed by atoms with Crippen LogP contribution in [-0.4, -0.2) is 37.7 Å². The van der Waals surface area contributed by atoms with Crippen molar-refractivity contribution in [2.75, 3.05) is 5.75 Å². The molecule has 0 aliphatic carbocycles. The highest BCUT2D eigenvalue weighted by molar-refractivity contribution is 7.91. The van der Waals surface area contributed by atoms with Crippen LogP contribution < -0.4 is 5.69 Å². The minimum Gasteiger partial charge on any atom is -0.319 e. The van der Waals surface area contributed by atoms with Gasteiger partial charge in [0.2, 0.25) is 0 Å². The van der Waals surface area contributed by atoms with Crippen molar-refractivity contribution in [1.82, 2.24) is 23.5 Å². The van der Waals surface area contributed by atoms with Gasteiger partial charge in [0.25, 0.3) is 0 Å². The second kappa shape index (κ2) is 6.44. The van der Waals surface area contributed by atoms with Crippen LogP contribution in [0, 0.1) is 0 Å². The maximum absolute atomic E-state index is 13.2. The molecule has 0 saturated carbocycles. The molecule has 0 spiro atoms. The van der Waals surface area contributed by atoms with Crippen molar-refractivity contribution >= 4 is 15.5 Å². The van der Waals surface area contributed by atoms with E-state index in [0.29, 0.717) is 23.4 Å². The third-order valence-electron chi connectivity index (χ3n) is 5.09. The van der Waals surface area contributed by atoms with E-state index >= 15 is 0 Å². The number of rotatable bonds is 3.